The number of nitrogens with zero attached hydrogens (tertiary/aromatic N) is 1. The van der Waals surface area contributed by atoms with Crippen molar-refractivity contribution in [1.82, 2.24) is 4.90 Å². The molecule has 3 N–H and O–H groups in total. The highest BCUT2D eigenvalue weighted by Gasteiger charge is 2.20. The maximum absolute atomic E-state index is 12.1. The lowest BCUT2D eigenvalue weighted by Crippen LogP contribution is -2.46. The quantitative estimate of drug-likeness (QED) is 0.752. The molecule has 1 aromatic rings. The minimum Gasteiger partial charge on any atom is -0.395 e. The summed E-state index contributed by atoms with van der Waals surface area (Å²) in [5.41, 5.74) is 6.99. The highest BCUT2D eigenvalue weighted by Crippen LogP contribution is 2.05. The normalized spacial score (nSPS) is 12.2. The number of carbonyl (C=O) groups excluding carboxylic acids is 1. The van der Waals surface area contributed by atoms with Gasteiger partial charge < -0.3 is 15.7 Å². The zero-order valence-electron chi connectivity index (χ0n) is 10.9. The van der Waals surface area contributed by atoms with Crippen molar-refractivity contribution in [1.29, 1.82) is 0 Å². The summed E-state index contributed by atoms with van der Waals surface area (Å²) in [7, 11) is 0. The van der Waals surface area contributed by atoms with Crippen LogP contribution in [0.15, 0.2) is 30.3 Å². The smallest absolute Gasteiger partial charge is 0.239 e. The average molecular weight is 250 g/mol. The molecule has 1 amide bonds. The van der Waals surface area contributed by atoms with Crippen molar-refractivity contribution < 1.29 is 9.90 Å². The van der Waals surface area contributed by atoms with Crippen molar-refractivity contribution >= 4 is 5.91 Å². The van der Waals surface area contributed by atoms with Crippen LogP contribution in [-0.4, -0.2) is 41.7 Å². The summed E-state index contributed by atoms with van der Waals surface area (Å²) in [5, 5.41) is 8.95. The zero-order valence-corrected chi connectivity index (χ0v) is 10.9. The summed E-state index contributed by atoms with van der Waals surface area (Å²) in [4.78, 5) is 13.7. The van der Waals surface area contributed by atoms with E-state index in [0.717, 1.165) is 12.0 Å². The first kappa shape index (κ1) is 14.7. The Morgan fingerprint density at radius 1 is 1.33 bits per heavy atom. The summed E-state index contributed by atoms with van der Waals surface area (Å²) in [5.74, 6) is -0.0882. The number of amides is 1. The van der Waals surface area contributed by atoms with Gasteiger partial charge in [0, 0.05) is 13.1 Å². The summed E-state index contributed by atoms with van der Waals surface area (Å²) < 4.78 is 0. The van der Waals surface area contributed by atoms with Crippen molar-refractivity contribution in [3.63, 3.8) is 0 Å². The maximum Gasteiger partial charge on any atom is 0.239 e. The molecule has 0 aliphatic rings. The van der Waals surface area contributed by atoms with Crippen molar-refractivity contribution in [3.05, 3.63) is 35.9 Å². The van der Waals surface area contributed by atoms with Crippen molar-refractivity contribution in [2.45, 2.75) is 25.8 Å². The number of carbonyl (C=O) groups is 1. The van der Waals surface area contributed by atoms with Crippen LogP contribution in [0.5, 0.6) is 0 Å². The highest BCUT2D eigenvalue weighted by atomic mass is 16.3. The van der Waals surface area contributed by atoms with Crippen molar-refractivity contribution in [2.75, 3.05) is 19.7 Å². The van der Waals surface area contributed by atoms with E-state index >= 15 is 0 Å². The minimum atomic E-state index is -0.537. The number of aliphatic hydroxyl groups is 1. The molecule has 0 aliphatic carbocycles. The number of nitrogens with two attached hydrogens (primary N) is 1. The summed E-state index contributed by atoms with van der Waals surface area (Å²) in [6.45, 7) is 2.97. The number of hydrogen-bond donors (Lipinski definition) is 2. The third kappa shape index (κ3) is 4.47. The van der Waals surface area contributed by atoms with E-state index in [-0.39, 0.29) is 12.5 Å². The van der Waals surface area contributed by atoms with Gasteiger partial charge >= 0.3 is 0 Å². The van der Waals surface area contributed by atoms with Crippen LogP contribution >= 0.6 is 0 Å². The summed E-state index contributed by atoms with van der Waals surface area (Å²) >= 11 is 0. The zero-order chi connectivity index (χ0) is 13.4. The fourth-order valence-corrected chi connectivity index (χ4v) is 1.91. The molecule has 0 spiro atoms. The van der Waals surface area contributed by atoms with Gasteiger partial charge in [0.2, 0.25) is 5.91 Å². The Morgan fingerprint density at radius 2 is 2.00 bits per heavy atom. The maximum atomic E-state index is 12.1. The van der Waals surface area contributed by atoms with E-state index in [1.54, 1.807) is 4.90 Å². The Balaban J connectivity index is 2.58. The van der Waals surface area contributed by atoms with E-state index in [0.29, 0.717) is 19.5 Å². The van der Waals surface area contributed by atoms with Crippen LogP contribution in [0.2, 0.25) is 0 Å². The predicted octanol–water partition coefficient (Wildman–Crippen LogP) is 0.787. The average Bonchev–Trinajstić information content (AvgIpc) is 2.39. The molecular weight excluding hydrogens is 228 g/mol. The van der Waals surface area contributed by atoms with Crippen LogP contribution in [0.4, 0.5) is 0 Å². The first-order valence-electron chi connectivity index (χ1n) is 6.38. The van der Waals surface area contributed by atoms with Gasteiger partial charge in [0.1, 0.15) is 0 Å². The molecule has 0 saturated carbocycles. The first-order chi connectivity index (χ1) is 8.69. The molecule has 0 radical (unpaired) electrons. The van der Waals surface area contributed by atoms with E-state index in [1.807, 2.05) is 37.3 Å². The van der Waals surface area contributed by atoms with Gasteiger partial charge in [0.05, 0.1) is 12.6 Å². The standard InChI is InChI=1S/C14H22N2O2/c1-2-8-16(9-10-17)14(18)13(15)11-12-6-4-3-5-7-12/h3-7,13,17H,2,8-11,15H2,1H3/t13-/m1/s1. The topological polar surface area (TPSA) is 66.6 Å². The molecule has 4 heteroatoms. The molecule has 0 unspecified atom stereocenters. The summed E-state index contributed by atoms with van der Waals surface area (Å²) in [6, 6.07) is 9.19. The largest absolute Gasteiger partial charge is 0.395 e. The lowest BCUT2D eigenvalue weighted by molar-refractivity contribution is -0.133. The third-order valence-electron chi connectivity index (χ3n) is 2.79. The predicted molar refractivity (Wildman–Crippen MR) is 72.1 cm³/mol. The van der Waals surface area contributed by atoms with E-state index in [1.165, 1.54) is 0 Å². The Kier molecular flexibility index (Phi) is 6.39. The first-order valence-corrected chi connectivity index (χ1v) is 6.38. The monoisotopic (exact) mass is 250 g/mol. The second kappa shape index (κ2) is 7.84. The van der Waals surface area contributed by atoms with Crippen molar-refractivity contribution in [2.24, 2.45) is 5.73 Å². The van der Waals surface area contributed by atoms with Gasteiger partial charge in [-0.15, -0.1) is 0 Å². The highest BCUT2D eigenvalue weighted by molar-refractivity contribution is 5.82. The molecule has 1 rings (SSSR count). The Bertz CT molecular complexity index is 348. The van der Waals surface area contributed by atoms with E-state index < -0.39 is 6.04 Å². The minimum absolute atomic E-state index is 0.0240. The van der Waals surface area contributed by atoms with Crippen molar-refractivity contribution in [3.8, 4) is 0 Å². The van der Waals surface area contributed by atoms with Gasteiger partial charge in [-0.2, -0.15) is 0 Å². The lowest BCUT2D eigenvalue weighted by atomic mass is 10.1. The molecule has 18 heavy (non-hydrogen) atoms. The van der Waals surface area contributed by atoms with Crippen LogP contribution in [0, 0.1) is 0 Å². The van der Waals surface area contributed by atoms with Crippen LogP contribution in [-0.2, 0) is 11.2 Å². The molecule has 0 saturated heterocycles. The van der Waals surface area contributed by atoms with Gasteiger partial charge in [-0.25, -0.2) is 0 Å². The van der Waals surface area contributed by atoms with E-state index in [9.17, 15) is 4.79 Å². The fourth-order valence-electron chi connectivity index (χ4n) is 1.91. The Morgan fingerprint density at radius 3 is 2.56 bits per heavy atom. The number of rotatable bonds is 7. The Hall–Kier alpha value is -1.39. The lowest BCUT2D eigenvalue weighted by Gasteiger charge is -2.24. The van der Waals surface area contributed by atoms with Gasteiger partial charge in [0.25, 0.3) is 0 Å². The van der Waals surface area contributed by atoms with Gasteiger partial charge in [-0.05, 0) is 18.4 Å². The van der Waals surface area contributed by atoms with Crippen LogP contribution in [0.3, 0.4) is 0 Å². The summed E-state index contributed by atoms with van der Waals surface area (Å²) in [6.07, 6.45) is 1.40. The van der Waals surface area contributed by atoms with E-state index in [4.69, 9.17) is 10.8 Å². The molecule has 1 aromatic carbocycles. The number of aliphatic hydroxyl groups excluding tert-OH is 1. The molecule has 1 atom stereocenters. The molecule has 0 aliphatic heterocycles. The molecular formula is C14H22N2O2. The molecule has 100 valence electrons. The number of benzene rings is 1. The molecule has 0 aromatic heterocycles. The molecule has 0 bridgehead atoms. The number of hydrogen-bond acceptors (Lipinski definition) is 3. The van der Waals surface area contributed by atoms with Gasteiger partial charge in [-0.3, -0.25) is 4.79 Å². The third-order valence-corrected chi connectivity index (χ3v) is 2.79. The van der Waals surface area contributed by atoms with Crippen LogP contribution in [0.1, 0.15) is 18.9 Å². The Labute approximate surface area is 108 Å². The van der Waals surface area contributed by atoms with Crippen LogP contribution < -0.4 is 5.73 Å². The van der Waals surface area contributed by atoms with Gasteiger partial charge in [0.15, 0.2) is 0 Å². The molecule has 0 heterocycles. The second-order valence-electron chi connectivity index (χ2n) is 4.35. The van der Waals surface area contributed by atoms with Gasteiger partial charge in [-0.1, -0.05) is 37.3 Å². The van der Waals surface area contributed by atoms with Crippen LogP contribution in [0.25, 0.3) is 0 Å². The molecule has 0 fully saturated rings. The second-order valence-corrected chi connectivity index (χ2v) is 4.35. The SMILES string of the molecule is CCCN(CCO)C(=O)[C@H](N)Cc1ccccc1. The molecule has 4 nitrogen and oxygen atoms in total. The fraction of sp³-hybridized carbons (Fsp3) is 0.500. The van der Waals surface area contributed by atoms with E-state index in [2.05, 4.69) is 0 Å².